The molecule has 7 nitrogen and oxygen atoms in total. The van der Waals surface area contributed by atoms with Crippen LogP contribution in [0.5, 0.6) is 0 Å². The van der Waals surface area contributed by atoms with Crippen LogP contribution in [0.4, 0.5) is 4.79 Å². The van der Waals surface area contributed by atoms with Crippen molar-refractivity contribution in [3.63, 3.8) is 0 Å². The third kappa shape index (κ3) is 6.67. The monoisotopic (exact) mass is 623 g/mol. The number of hydrogen-bond donors (Lipinski definition) is 3. The van der Waals surface area contributed by atoms with Crippen molar-refractivity contribution >= 4 is 45.1 Å². The lowest BCUT2D eigenvalue weighted by Gasteiger charge is -2.31. The van der Waals surface area contributed by atoms with Crippen LogP contribution in [0, 0.1) is 5.92 Å². The van der Waals surface area contributed by atoms with Crippen LogP contribution in [0.25, 0.3) is 16.9 Å². The summed E-state index contributed by atoms with van der Waals surface area (Å²) in [7, 11) is 1.56. The third-order valence-electron chi connectivity index (χ3n) is 7.61. The van der Waals surface area contributed by atoms with Gasteiger partial charge in [0.25, 0.3) is 5.91 Å². The molecule has 0 bridgehead atoms. The van der Waals surface area contributed by atoms with Gasteiger partial charge in [0.1, 0.15) is 0 Å². The van der Waals surface area contributed by atoms with E-state index in [-0.39, 0.29) is 29.9 Å². The quantitative estimate of drug-likeness (QED) is 0.196. The highest BCUT2D eigenvalue weighted by molar-refractivity contribution is 9.10. The largest absolute Gasteiger partial charge is 0.347 e. The fourth-order valence-corrected chi connectivity index (χ4v) is 5.32. The van der Waals surface area contributed by atoms with Gasteiger partial charge in [0.15, 0.2) is 5.65 Å². The number of nitrogens with zero attached hydrogens (tertiary/aromatic N) is 2. The molecule has 2 aromatic heterocycles. The Morgan fingerprint density at radius 3 is 2.45 bits per heavy atom. The van der Waals surface area contributed by atoms with E-state index >= 15 is 0 Å². The molecule has 40 heavy (non-hydrogen) atoms. The summed E-state index contributed by atoms with van der Waals surface area (Å²) in [5.74, 6) is 0.136. The molecule has 0 unspecified atom stereocenters. The van der Waals surface area contributed by atoms with E-state index in [1.54, 1.807) is 13.1 Å². The molecular weight excluding hydrogens is 590 g/mol. The first-order valence-electron chi connectivity index (χ1n) is 13.3. The van der Waals surface area contributed by atoms with Crippen molar-refractivity contribution in [2.75, 3.05) is 13.6 Å². The fourth-order valence-electron chi connectivity index (χ4n) is 4.45. The highest BCUT2D eigenvalue weighted by Crippen LogP contribution is 2.36. The zero-order chi connectivity index (χ0) is 29.0. The highest BCUT2D eigenvalue weighted by Gasteiger charge is 2.27. The van der Waals surface area contributed by atoms with Crippen LogP contribution in [0.2, 0.25) is 5.02 Å². The van der Waals surface area contributed by atoms with E-state index in [0.29, 0.717) is 22.9 Å². The predicted molar refractivity (Wildman–Crippen MR) is 165 cm³/mol. The average molecular weight is 625 g/mol. The predicted octanol–water partition coefficient (Wildman–Crippen LogP) is 6.62. The molecule has 0 radical (unpaired) electrons. The van der Waals surface area contributed by atoms with Crippen LogP contribution < -0.4 is 16.0 Å². The number of carbonyl (C=O) groups excluding carboxylic acids is 2. The lowest BCUT2D eigenvalue weighted by Crippen LogP contribution is -2.46. The van der Waals surface area contributed by atoms with Gasteiger partial charge >= 0.3 is 6.03 Å². The van der Waals surface area contributed by atoms with Gasteiger partial charge in [-0.15, -0.1) is 0 Å². The molecule has 0 saturated carbocycles. The Balaban J connectivity index is 1.50. The van der Waals surface area contributed by atoms with Gasteiger partial charge < -0.3 is 20.4 Å². The smallest absolute Gasteiger partial charge is 0.314 e. The minimum absolute atomic E-state index is 0.127. The van der Waals surface area contributed by atoms with Crippen LogP contribution >= 0.6 is 27.5 Å². The normalized spacial score (nSPS) is 12.4. The highest BCUT2D eigenvalue weighted by atomic mass is 79.9. The molecule has 2 heterocycles. The zero-order valence-corrected chi connectivity index (χ0v) is 25.7. The summed E-state index contributed by atoms with van der Waals surface area (Å²) in [4.78, 5) is 29.9. The van der Waals surface area contributed by atoms with Gasteiger partial charge in [0.2, 0.25) is 0 Å². The summed E-state index contributed by atoms with van der Waals surface area (Å²) in [6.07, 6.45) is 4.48. The second kappa shape index (κ2) is 12.4. The molecule has 0 saturated heterocycles. The third-order valence-corrected chi connectivity index (χ3v) is 8.54. The molecule has 0 aliphatic heterocycles. The van der Waals surface area contributed by atoms with Crippen molar-refractivity contribution < 1.29 is 9.59 Å². The Hall–Kier alpha value is -3.36. The summed E-state index contributed by atoms with van der Waals surface area (Å²) in [5, 5.41) is 9.01. The van der Waals surface area contributed by atoms with Crippen molar-refractivity contribution in [3.8, 4) is 11.3 Å². The van der Waals surface area contributed by atoms with Crippen molar-refractivity contribution in [1.82, 2.24) is 25.3 Å². The topological polar surface area (TPSA) is 87.5 Å². The maximum absolute atomic E-state index is 13.2. The molecule has 3 N–H and O–H groups in total. The summed E-state index contributed by atoms with van der Waals surface area (Å²) in [6.45, 7) is 8.88. The number of fused-ring (bicyclic) bond motifs is 1. The average Bonchev–Trinajstić information content (AvgIpc) is 3.37. The number of hydrogen-bond acceptors (Lipinski definition) is 3. The Bertz CT molecular complexity index is 1510. The van der Waals surface area contributed by atoms with E-state index in [9.17, 15) is 9.59 Å². The Morgan fingerprint density at radius 1 is 1.10 bits per heavy atom. The molecular formula is C31H35BrClN5O2. The van der Waals surface area contributed by atoms with E-state index in [1.807, 2.05) is 65.3 Å². The summed E-state index contributed by atoms with van der Waals surface area (Å²) < 4.78 is 2.91. The van der Waals surface area contributed by atoms with Crippen molar-refractivity contribution in [3.05, 3.63) is 93.2 Å². The maximum Gasteiger partial charge on any atom is 0.314 e. The van der Waals surface area contributed by atoms with Crippen LogP contribution in [0.1, 0.15) is 49.2 Å². The number of amides is 3. The molecule has 2 aromatic carbocycles. The molecule has 0 aliphatic carbocycles. The van der Waals surface area contributed by atoms with Gasteiger partial charge in [-0.25, -0.2) is 9.78 Å². The lowest BCUT2D eigenvalue weighted by atomic mass is 9.75. The second-order valence-corrected chi connectivity index (χ2v) is 12.1. The second-order valence-electron chi connectivity index (χ2n) is 10.8. The Kier molecular flexibility index (Phi) is 9.21. The molecule has 0 fully saturated rings. The van der Waals surface area contributed by atoms with E-state index < -0.39 is 0 Å². The zero-order valence-electron chi connectivity index (χ0n) is 23.4. The van der Waals surface area contributed by atoms with Crippen LogP contribution in [0.3, 0.4) is 0 Å². The fraction of sp³-hybridized carbons (Fsp3) is 0.323. The molecule has 210 valence electrons. The first-order chi connectivity index (χ1) is 19.0. The molecule has 1 atom stereocenters. The van der Waals surface area contributed by atoms with Crippen LogP contribution in [0.15, 0.2) is 71.5 Å². The van der Waals surface area contributed by atoms with Crippen LogP contribution in [-0.4, -0.2) is 41.0 Å². The SMILES string of the molecule is CNC(=O)NC[C@H](Cc1ccc(-c2cn3cccc(Br)c3n2)cc1)NC(=O)c1ccc(C(C)(C)C(C)C)c(Cl)c1. The minimum atomic E-state index is -0.340. The van der Waals surface area contributed by atoms with E-state index in [4.69, 9.17) is 16.6 Å². The number of nitrogens with one attached hydrogen (secondary N) is 3. The molecule has 4 rings (SSSR count). The first kappa shape index (κ1) is 29.6. The van der Waals surface area contributed by atoms with Crippen LogP contribution in [-0.2, 0) is 11.8 Å². The first-order valence-corrected chi connectivity index (χ1v) is 14.5. The van der Waals surface area contributed by atoms with E-state index in [1.165, 1.54) is 0 Å². The van der Waals surface area contributed by atoms with Crippen molar-refractivity contribution in [2.24, 2.45) is 5.92 Å². The number of urea groups is 1. The van der Waals surface area contributed by atoms with Gasteiger partial charge in [-0.1, -0.05) is 69.6 Å². The summed E-state index contributed by atoms with van der Waals surface area (Å²) in [6, 6.07) is 16.8. The number of benzene rings is 2. The number of imidazole rings is 1. The molecule has 9 heteroatoms. The van der Waals surface area contributed by atoms with Gasteiger partial charge in [0, 0.05) is 42.1 Å². The van der Waals surface area contributed by atoms with Gasteiger partial charge in [0.05, 0.1) is 16.2 Å². The van der Waals surface area contributed by atoms with Crippen molar-refractivity contribution in [2.45, 2.75) is 45.6 Å². The minimum Gasteiger partial charge on any atom is -0.347 e. The van der Waals surface area contributed by atoms with Gasteiger partial charge in [-0.3, -0.25) is 4.79 Å². The molecule has 0 spiro atoms. The van der Waals surface area contributed by atoms with Gasteiger partial charge in [-0.2, -0.15) is 0 Å². The molecule has 3 amide bonds. The van der Waals surface area contributed by atoms with Crippen molar-refractivity contribution in [1.29, 1.82) is 0 Å². The number of rotatable bonds is 9. The van der Waals surface area contributed by atoms with E-state index in [0.717, 1.165) is 32.5 Å². The number of pyridine rings is 1. The molecule has 0 aliphatic rings. The summed E-state index contributed by atoms with van der Waals surface area (Å²) in [5.41, 5.74) is 5.09. The maximum atomic E-state index is 13.2. The number of carbonyl (C=O) groups is 2. The number of aromatic nitrogens is 2. The summed E-state index contributed by atoms with van der Waals surface area (Å²) >= 11 is 10.2. The number of halogens is 2. The molecule has 4 aromatic rings. The lowest BCUT2D eigenvalue weighted by molar-refractivity contribution is 0.0936. The van der Waals surface area contributed by atoms with E-state index in [2.05, 4.69) is 59.6 Å². The standard InChI is InChI=1S/C31H35BrClN5O2/c1-19(2)31(3,4)24-13-12-22(16-26(24)33)29(39)36-23(17-35-30(40)34-5)15-20-8-10-21(11-9-20)27-18-38-14-6-7-25(32)28(38)37-27/h6-14,16,18-19,23H,15,17H2,1-5H3,(H,36,39)(H2,34,35,40)/t23-/m0/s1. The van der Waals surface area contributed by atoms with Gasteiger partial charge in [-0.05, 0) is 69.1 Å². The Morgan fingerprint density at radius 2 is 1.82 bits per heavy atom. The Labute approximate surface area is 248 Å².